The Labute approximate surface area is 261 Å². The number of carbonyl (C=O) groups is 4. The standard InChI is InChI=1S/C17H20N2O4.C16H18N2O4/c1-12(20)18-14-8-4-3-7-13(14)15-11-23-16(19-15)9-5-6-10-17(21)22-2;1-11(19)17-13-7-3-2-6-12(13)14-10-22-15(18-14)8-4-5-9-16(20)21/h3-4,7-8,11H,5-6,9-10H2,1-2H3,(H,18,20);2-3,6-7,10H,4-5,8-9H2,1H3,(H,17,19)(H,20,21). The van der Waals surface area contributed by atoms with Crippen LogP contribution in [0.15, 0.2) is 69.9 Å². The number of aryl methyl sites for hydroxylation is 2. The van der Waals surface area contributed by atoms with Crippen LogP contribution in [0.3, 0.4) is 0 Å². The first-order valence-electron chi connectivity index (χ1n) is 14.6. The summed E-state index contributed by atoms with van der Waals surface area (Å²) in [7, 11) is 1.38. The Balaban J connectivity index is 0.000000246. The Bertz CT molecular complexity index is 1580. The fourth-order valence-electron chi connectivity index (χ4n) is 4.31. The van der Waals surface area contributed by atoms with Crippen molar-refractivity contribution in [3.63, 3.8) is 0 Å². The summed E-state index contributed by atoms with van der Waals surface area (Å²) in [4.78, 5) is 52.8. The smallest absolute Gasteiger partial charge is 0.305 e. The molecule has 2 amide bonds. The van der Waals surface area contributed by atoms with E-state index in [-0.39, 0.29) is 24.2 Å². The van der Waals surface area contributed by atoms with E-state index >= 15 is 0 Å². The van der Waals surface area contributed by atoms with Crippen LogP contribution in [0.5, 0.6) is 0 Å². The maximum Gasteiger partial charge on any atom is 0.305 e. The number of carboxylic acid groups (broad SMARTS) is 1. The second-order valence-electron chi connectivity index (χ2n) is 10.1. The summed E-state index contributed by atoms with van der Waals surface area (Å²) in [5, 5.41) is 14.1. The average Bonchev–Trinajstić information content (AvgIpc) is 3.68. The van der Waals surface area contributed by atoms with Gasteiger partial charge in [-0.15, -0.1) is 0 Å². The van der Waals surface area contributed by atoms with Crippen molar-refractivity contribution >= 4 is 35.1 Å². The first-order valence-corrected chi connectivity index (χ1v) is 14.6. The Kier molecular flexibility index (Phi) is 13.5. The van der Waals surface area contributed by atoms with Gasteiger partial charge in [0.15, 0.2) is 11.8 Å². The minimum atomic E-state index is -0.794. The summed E-state index contributed by atoms with van der Waals surface area (Å²) in [5.41, 5.74) is 4.31. The van der Waals surface area contributed by atoms with Crippen LogP contribution in [-0.2, 0) is 36.8 Å². The highest BCUT2D eigenvalue weighted by Crippen LogP contribution is 2.28. The van der Waals surface area contributed by atoms with Gasteiger partial charge in [0.25, 0.3) is 0 Å². The number of aromatic nitrogens is 2. The lowest BCUT2D eigenvalue weighted by molar-refractivity contribution is -0.141. The number of benzene rings is 2. The van der Waals surface area contributed by atoms with E-state index in [2.05, 4.69) is 25.3 Å². The van der Waals surface area contributed by atoms with Gasteiger partial charge in [0.1, 0.15) is 23.9 Å². The second-order valence-corrected chi connectivity index (χ2v) is 10.1. The lowest BCUT2D eigenvalue weighted by atomic mass is 10.1. The number of hydrogen-bond donors (Lipinski definition) is 3. The molecule has 12 heteroatoms. The van der Waals surface area contributed by atoms with Crippen LogP contribution < -0.4 is 10.6 Å². The number of ether oxygens (including phenoxy) is 1. The molecule has 0 radical (unpaired) electrons. The largest absolute Gasteiger partial charge is 0.481 e. The average molecular weight is 619 g/mol. The van der Waals surface area contributed by atoms with Crippen molar-refractivity contribution in [1.82, 2.24) is 9.97 Å². The number of amides is 2. The first-order chi connectivity index (χ1) is 21.7. The molecule has 3 N–H and O–H groups in total. The van der Waals surface area contributed by atoms with Crippen LogP contribution in [0.25, 0.3) is 22.5 Å². The van der Waals surface area contributed by atoms with Gasteiger partial charge in [0, 0.05) is 50.7 Å². The number of methoxy groups -OCH3 is 1. The van der Waals surface area contributed by atoms with E-state index in [0.29, 0.717) is 66.6 Å². The van der Waals surface area contributed by atoms with Gasteiger partial charge >= 0.3 is 11.9 Å². The summed E-state index contributed by atoms with van der Waals surface area (Å²) in [6, 6.07) is 14.8. The molecule has 2 aromatic carbocycles. The predicted octanol–water partition coefficient (Wildman–Crippen LogP) is 6.28. The van der Waals surface area contributed by atoms with Crippen molar-refractivity contribution in [2.24, 2.45) is 0 Å². The molecule has 0 fully saturated rings. The molecule has 0 aliphatic heterocycles. The minimum Gasteiger partial charge on any atom is -0.481 e. The van der Waals surface area contributed by atoms with Gasteiger partial charge in [0.2, 0.25) is 11.8 Å². The number of oxazole rings is 2. The van der Waals surface area contributed by atoms with Crippen molar-refractivity contribution in [2.75, 3.05) is 17.7 Å². The van der Waals surface area contributed by atoms with Crippen molar-refractivity contribution < 1.29 is 37.9 Å². The quantitative estimate of drug-likeness (QED) is 0.108. The monoisotopic (exact) mass is 618 g/mol. The van der Waals surface area contributed by atoms with Crippen LogP contribution in [0.1, 0.15) is 64.2 Å². The van der Waals surface area contributed by atoms with Crippen molar-refractivity contribution in [2.45, 2.75) is 65.2 Å². The molecular weight excluding hydrogens is 580 g/mol. The number of unbranched alkanes of at least 4 members (excludes halogenated alkanes) is 2. The van der Waals surface area contributed by atoms with Gasteiger partial charge in [-0.3, -0.25) is 19.2 Å². The molecule has 0 unspecified atom stereocenters. The molecule has 45 heavy (non-hydrogen) atoms. The molecule has 4 aromatic rings. The lowest BCUT2D eigenvalue weighted by Crippen LogP contribution is -2.06. The number of carbonyl (C=O) groups excluding carboxylic acids is 3. The van der Waals surface area contributed by atoms with E-state index in [1.807, 2.05) is 42.5 Å². The van der Waals surface area contributed by atoms with E-state index in [4.69, 9.17) is 13.9 Å². The minimum absolute atomic E-state index is 0.135. The number of rotatable bonds is 14. The van der Waals surface area contributed by atoms with E-state index < -0.39 is 5.97 Å². The number of carboxylic acids is 1. The number of para-hydroxylation sites is 2. The lowest BCUT2D eigenvalue weighted by Gasteiger charge is -2.06. The third-order valence-corrected chi connectivity index (χ3v) is 6.41. The van der Waals surface area contributed by atoms with E-state index in [9.17, 15) is 19.2 Å². The zero-order chi connectivity index (χ0) is 32.6. The zero-order valence-electron chi connectivity index (χ0n) is 25.6. The number of nitrogens with zero attached hydrogens (tertiary/aromatic N) is 2. The van der Waals surface area contributed by atoms with Gasteiger partial charge in [-0.2, -0.15) is 0 Å². The topological polar surface area (TPSA) is 174 Å². The molecule has 0 saturated heterocycles. The molecule has 2 aromatic heterocycles. The molecule has 0 atom stereocenters. The van der Waals surface area contributed by atoms with Gasteiger partial charge < -0.3 is 29.3 Å². The molecule has 0 aliphatic rings. The zero-order valence-corrected chi connectivity index (χ0v) is 25.6. The maximum absolute atomic E-state index is 11.3. The Morgan fingerprint density at radius 2 is 1.16 bits per heavy atom. The number of anilines is 2. The van der Waals surface area contributed by atoms with Crippen LogP contribution in [0.2, 0.25) is 0 Å². The Morgan fingerprint density at radius 1 is 0.711 bits per heavy atom. The molecule has 0 saturated carbocycles. The molecule has 0 aliphatic carbocycles. The normalized spacial score (nSPS) is 10.4. The van der Waals surface area contributed by atoms with Crippen LogP contribution >= 0.6 is 0 Å². The molecule has 238 valence electrons. The third-order valence-electron chi connectivity index (χ3n) is 6.41. The fourth-order valence-corrected chi connectivity index (χ4v) is 4.31. The number of nitrogens with one attached hydrogen (secondary N) is 2. The highest BCUT2D eigenvalue weighted by atomic mass is 16.5. The molecule has 0 spiro atoms. The molecule has 2 heterocycles. The van der Waals surface area contributed by atoms with Crippen molar-refractivity contribution in [3.05, 3.63) is 72.8 Å². The third kappa shape index (κ3) is 11.7. The van der Waals surface area contributed by atoms with Crippen molar-refractivity contribution in [3.8, 4) is 22.5 Å². The van der Waals surface area contributed by atoms with Crippen LogP contribution in [0.4, 0.5) is 11.4 Å². The summed E-state index contributed by atoms with van der Waals surface area (Å²) >= 11 is 0. The molecular formula is C33H38N4O8. The summed E-state index contributed by atoms with van der Waals surface area (Å²) < 4.78 is 15.5. The van der Waals surface area contributed by atoms with Crippen LogP contribution in [-0.4, -0.2) is 45.9 Å². The Hall–Kier alpha value is -5.26. The highest BCUT2D eigenvalue weighted by molar-refractivity contribution is 5.94. The SMILES string of the molecule is CC(=O)Nc1ccccc1-c1coc(CCCCC(=O)O)n1.COC(=O)CCCCc1nc(-c2ccccc2NC(C)=O)co1. The molecule has 0 bridgehead atoms. The van der Waals surface area contributed by atoms with E-state index in [1.165, 1.54) is 21.0 Å². The van der Waals surface area contributed by atoms with Gasteiger partial charge in [-0.25, -0.2) is 9.97 Å². The fraction of sp³-hybridized carbons (Fsp3) is 0.333. The predicted molar refractivity (Wildman–Crippen MR) is 167 cm³/mol. The highest BCUT2D eigenvalue weighted by Gasteiger charge is 2.13. The maximum atomic E-state index is 11.3. The van der Waals surface area contributed by atoms with Crippen molar-refractivity contribution in [1.29, 1.82) is 0 Å². The van der Waals surface area contributed by atoms with Gasteiger partial charge in [-0.1, -0.05) is 36.4 Å². The second kappa shape index (κ2) is 17.8. The first kappa shape index (κ1) is 34.2. The number of aliphatic carboxylic acids is 1. The van der Waals surface area contributed by atoms with Gasteiger partial charge in [-0.05, 0) is 37.8 Å². The summed E-state index contributed by atoms with van der Waals surface area (Å²) in [6.07, 6.45) is 7.75. The molecule has 4 rings (SSSR count). The van der Waals surface area contributed by atoms with Crippen LogP contribution in [0, 0.1) is 0 Å². The number of hydrogen-bond acceptors (Lipinski definition) is 9. The van der Waals surface area contributed by atoms with E-state index in [1.54, 1.807) is 18.6 Å². The van der Waals surface area contributed by atoms with E-state index in [0.717, 1.165) is 24.0 Å². The summed E-state index contributed by atoms with van der Waals surface area (Å²) in [5.74, 6) is -0.103. The molecule has 12 nitrogen and oxygen atoms in total. The Morgan fingerprint density at radius 3 is 1.58 bits per heavy atom. The van der Waals surface area contributed by atoms with Gasteiger partial charge in [0.05, 0.1) is 18.5 Å². The number of esters is 1. The summed E-state index contributed by atoms with van der Waals surface area (Å²) in [6.45, 7) is 2.92.